The Labute approximate surface area is 241 Å². The van der Waals surface area contributed by atoms with Crippen molar-refractivity contribution in [1.82, 2.24) is 4.57 Å². The number of rotatable bonds is 2. The molecule has 0 saturated carbocycles. The Morgan fingerprint density at radius 2 is 1.31 bits per heavy atom. The molecule has 6 aromatic carbocycles. The highest BCUT2D eigenvalue weighted by Crippen LogP contribution is 2.45. The van der Waals surface area contributed by atoms with Crippen LogP contribution in [0, 0.1) is 0 Å². The summed E-state index contributed by atoms with van der Waals surface area (Å²) in [6.07, 6.45) is 0.841. The van der Waals surface area contributed by atoms with Crippen LogP contribution in [-0.2, 0) is 6.42 Å². The van der Waals surface area contributed by atoms with Gasteiger partial charge >= 0.3 is 5.63 Å². The maximum atomic E-state index is 13.6. The average molecular weight is 540 g/mol. The van der Waals surface area contributed by atoms with Gasteiger partial charge in [0.25, 0.3) is 0 Å². The molecule has 3 nitrogen and oxygen atoms in total. The van der Waals surface area contributed by atoms with E-state index in [-0.39, 0.29) is 11.5 Å². The van der Waals surface area contributed by atoms with Gasteiger partial charge in [0, 0.05) is 39.2 Å². The Hall–Kier alpha value is -5.41. The standard InChI is InChI=1S/C39H25NO2/c41-39-35-20-25-19-30(24-11-3-1-4-12-24)27-15-7-8-16-28(27)31(25)21-32(35)34-22-33-29-17-9-10-18-36(29)40(26-13-5-2-6-14-26)37(33)23-38(34)42-39/h1-18,20-23,30H,19H2. The molecular weight excluding hydrogens is 514 g/mol. The van der Waals surface area contributed by atoms with Gasteiger partial charge in [-0.15, -0.1) is 0 Å². The van der Waals surface area contributed by atoms with Crippen molar-refractivity contribution in [2.24, 2.45) is 0 Å². The molecule has 0 amide bonds. The molecule has 3 heteroatoms. The Kier molecular flexibility index (Phi) is 4.88. The van der Waals surface area contributed by atoms with Crippen molar-refractivity contribution in [3.63, 3.8) is 0 Å². The first-order valence-electron chi connectivity index (χ1n) is 14.4. The zero-order chi connectivity index (χ0) is 27.8. The van der Waals surface area contributed by atoms with Crippen molar-refractivity contribution in [3.05, 3.63) is 161 Å². The third-order valence-corrected chi connectivity index (χ3v) is 9.00. The van der Waals surface area contributed by atoms with E-state index in [1.807, 2.05) is 24.3 Å². The van der Waals surface area contributed by atoms with Gasteiger partial charge in [-0.2, -0.15) is 0 Å². The lowest BCUT2D eigenvalue weighted by atomic mass is 9.75. The minimum absolute atomic E-state index is 0.239. The molecule has 1 atom stereocenters. The molecule has 8 aromatic rings. The number of hydrogen-bond acceptors (Lipinski definition) is 2. The maximum Gasteiger partial charge on any atom is 0.344 e. The van der Waals surface area contributed by atoms with Crippen LogP contribution in [0.1, 0.15) is 22.6 Å². The van der Waals surface area contributed by atoms with E-state index in [0.717, 1.165) is 39.3 Å². The predicted octanol–water partition coefficient (Wildman–Crippen LogP) is 9.40. The minimum atomic E-state index is -0.294. The molecule has 0 N–H and O–H groups in total. The van der Waals surface area contributed by atoms with Gasteiger partial charge in [-0.1, -0.05) is 91.0 Å². The molecule has 1 aliphatic carbocycles. The molecule has 0 saturated heterocycles. The zero-order valence-electron chi connectivity index (χ0n) is 22.7. The molecule has 1 aliphatic rings. The number of fused-ring (bicyclic) bond motifs is 9. The summed E-state index contributed by atoms with van der Waals surface area (Å²) >= 11 is 0. The van der Waals surface area contributed by atoms with Crippen molar-refractivity contribution in [2.75, 3.05) is 0 Å². The molecule has 2 heterocycles. The number of benzene rings is 6. The number of para-hydroxylation sites is 2. The summed E-state index contributed by atoms with van der Waals surface area (Å²) in [5.74, 6) is 0.239. The molecule has 0 spiro atoms. The smallest absolute Gasteiger partial charge is 0.344 e. The summed E-state index contributed by atoms with van der Waals surface area (Å²) in [7, 11) is 0. The quantitative estimate of drug-likeness (QED) is 0.162. The van der Waals surface area contributed by atoms with Crippen LogP contribution < -0.4 is 5.63 Å². The molecule has 0 fully saturated rings. The normalized spacial score (nSPS) is 14.4. The molecule has 9 rings (SSSR count). The van der Waals surface area contributed by atoms with E-state index < -0.39 is 0 Å². The van der Waals surface area contributed by atoms with E-state index in [4.69, 9.17) is 4.42 Å². The number of aromatic nitrogens is 1. The van der Waals surface area contributed by atoms with Gasteiger partial charge < -0.3 is 8.98 Å². The molecule has 198 valence electrons. The first-order chi connectivity index (χ1) is 20.7. The van der Waals surface area contributed by atoms with Crippen LogP contribution in [0.25, 0.3) is 60.4 Å². The predicted molar refractivity (Wildman–Crippen MR) is 172 cm³/mol. The van der Waals surface area contributed by atoms with Gasteiger partial charge in [0.05, 0.1) is 16.4 Å². The van der Waals surface area contributed by atoms with Crippen molar-refractivity contribution in [3.8, 4) is 16.8 Å². The molecule has 42 heavy (non-hydrogen) atoms. The summed E-state index contributed by atoms with van der Waals surface area (Å²) in [5.41, 5.74) is 9.76. The monoisotopic (exact) mass is 539 g/mol. The highest BCUT2D eigenvalue weighted by molar-refractivity contribution is 6.17. The van der Waals surface area contributed by atoms with Gasteiger partial charge in [0.2, 0.25) is 0 Å². The Bertz CT molecular complexity index is 2400. The molecular formula is C39H25NO2. The maximum absolute atomic E-state index is 13.6. The summed E-state index contributed by atoms with van der Waals surface area (Å²) in [4.78, 5) is 13.6. The van der Waals surface area contributed by atoms with Crippen molar-refractivity contribution in [1.29, 1.82) is 0 Å². The number of nitrogens with zero attached hydrogens (tertiary/aromatic N) is 1. The second-order valence-electron chi connectivity index (χ2n) is 11.3. The highest BCUT2D eigenvalue weighted by atomic mass is 16.4. The molecule has 0 bridgehead atoms. The van der Waals surface area contributed by atoms with Crippen molar-refractivity contribution < 1.29 is 4.42 Å². The van der Waals surface area contributed by atoms with E-state index in [1.165, 1.54) is 33.2 Å². The van der Waals surface area contributed by atoms with Crippen molar-refractivity contribution in [2.45, 2.75) is 12.3 Å². The van der Waals surface area contributed by atoms with Crippen LogP contribution in [0.15, 0.2) is 143 Å². The largest absolute Gasteiger partial charge is 0.422 e. The fourth-order valence-electron chi connectivity index (χ4n) is 7.12. The second kappa shape index (κ2) is 8.79. The summed E-state index contributed by atoms with van der Waals surface area (Å²) in [6, 6.07) is 46.8. The van der Waals surface area contributed by atoms with Crippen LogP contribution in [-0.4, -0.2) is 4.57 Å². The zero-order valence-corrected chi connectivity index (χ0v) is 22.7. The van der Waals surface area contributed by atoms with Crippen molar-refractivity contribution >= 4 is 43.5 Å². The fraction of sp³-hybridized carbons (Fsp3) is 0.0513. The van der Waals surface area contributed by atoms with Gasteiger partial charge in [-0.25, -0.2) is 4.79 Å². The fourth-order valence-corrected chi connectivity index (χ4v) is 7.12. The third-order valence-electron chi connectivity index (χ3n) is 9.00. The Morgan fingerprint density at radius 1 is 0.571 bits per heavy atom. The van der Waals surface area contributed by atoms with Gasteiger partial charge in [0.15, 0.2) is 0 Å². The summed E-state index contributed by atoms with van der Waals surface area (Å²) in [6.45, 7) is 0. The van der Waals surface area contributed by atoms with Crippen LogP contribution in [0.5, 0.6) is 0 Å². The lowest BCUT2D eigenvalue weighted by Gasteiger charge is -2.28. The van der Waals surface area contributed by atoms with Crippen LogP contribution >= 0.6 is 0 Å². The first-order valence-corrected chi connectivity index (χ1v) is 14.4. The van der Waals surface area contributed by atoms with E-state index in [0.29, 0.717) is 11.0 Å². The average Bonchev–Trinajstić information content (AvgIpc) is 3.37. The lowest BCUT2D eigenvalue weighted by molar-refractivity contribution is 0.570. The SMILES string of the molecule is O=c1oc2cc3c(cc2c2cc4c(cc12)CC(c1ccccc1)c1ccccc1-4)c1ccccc1n3-c1ccccc1. The van der Waals surface area contributed by atoms with E-state index >= 15 is 0 Å². The Balaban J connectivity index is 1.34. The lowest BCUT2D eigenvalue weighted by Crippen LogP contribution is -2.13. The number of hydrogen-bond donors (Lipinski definition) is 0. The van der Waals surface area contributed by atoms with E-state index in [2.05, 4.69) is 114 Å². The second-order valence-corrected chi connectivity index (χ2v) is 11.3. The molecule has 0 radical (unpaired) electrons. The molecule has 1 unspecified atom stereocenters. The third kappa shape index (κ3) is 3.31. The van der Waals surface area contributed by atoms with E-state index in [9.17, 15) is 4.79 Å². The molecule has 0 aliphatic heterocycles. The van der Waals surface area contributed by atoms with Crippen LogP contribution in [0.3, 0.4) is 0 Å². The first kappa shape index (κ1) is 23.3. The van der Waals surface area contributed by atoms with Gasteiger partial charge in [-0.3, -0.25) is 0 Å². The van der Waals surface area contributed by atoms with Gasteiger partial charge in [0.1, 0.15) is 5.58 Å². The minimum Gasteiger partial charge on any atom is -0.422 e. The highest BCUT2D eigenvalue weighted by Gasteiger charge is 2.27. The Morgan fingerprint density at radius 3 is 2.17 bits per heavy atom. The summed E-state index contributed by atoms with van der Waals surface area (Å²) in [5, 5.41) is 4.84. The molecule has 2 aromatic heterocycles. The van der Waals surface area contributed by atoms with Crippen LogP contribution in [0.2, 0.25) is 0 Å². The van der Waals surface area contributed by atoms with Crippen LogP contribution in [0.4, 0.5) is 0 Å². The summed E-state index contributed by atoms with van der Waals surface area (Å²) < 4.78 is 8.32. The topological polar surface area (TPSA) is 35.1 Å². The van der Waals surface area contributed by atoms with Gasteiger partial charge in [-0.05, 0) is 70.6 Å². The van der Waals surface area contributed by atoms with E-state index in [1.54, 1.807) is 0 Å².